The van der Waals surface area contributed by atoms with Crippen molar-refractivity contribution in [3.8, 4) is 5.75 Å². The first-order valence-electron chi connectivity index (χ1n) is 12.2. The predicted molar refractivity (Wildman–Crippen MR) is 144 cm³/mol. The monoisotopic (exact) mass is 540 g/mol. The van der Waals surface area contributed by atoms with E-state index in [9.17, 15) is 18.0 Å². The maximum atomic E-state index is 13.1. The van der Waals surface area contributed by atoms with Gasteiger partial charge in [-0.1, -0.05) is 38.1 Å². The van der Waals surface area contributed by atoms with Gasteiger partial charge in [0.15, 0.2) is 12.4 Å². The van der Waals surface area contributed by atoms with Crippen LogP contribution < -0.4 is 9.64 Å². The molecule has 0 N–H and O–H groups in total. The summed E-state index contributed by atoms with van der Waals surface area (Å²) in [4.78, 5) is 26.9. The van der Waals surface area contributed by atoms with Gasteiger partial charge in [0.25, 0.3) is 0 Å². The van der Waals surface area contributed by atoms with Crippen LogP contribution in [0, 0.1) is 0 Å². The van der Waals surface area contributed by atoms with Crippen molar-refractivity contribution in [3.05, 3.63) is 71.4 Å². The van der Waals surface area contributed by atoms with Gasteiger partial charge in [-0.3, -0.25) is 4.79 Å². The molecule has 2 heterocycles. The lowest BCUT2D eigenvalue weighted by molar-refractivity contribution is -0.141. The number of benzene rings is 2. The molecular weight excluding hydrogens is 508 g/mol. The minimum atomic E-state index is -3.81. The average molecular weight is 541 g/mol. The van der Waals surface area contributed by atoms with E-state index in [1.54, 1.807) is 6.07 Å². The van der Waals surface area contributed by atoms with Gasteiger partial charge >= 0.3 is 5.97 Å². The molecule has 1 saturated heterocycles. The zero-order chi connectivity index (χ0) is 27.5. The van der Waals surface area contributed by atoms with Crippen molar-refractivity contribution >= 4 is 33.5 Å². The summed E-state index contributed by atoms with van der Waals surface area (Å²) in [7, 11) is -0.504. The van der Waals surface area contributed by atoms with E-state index in [-0.39, 0.29) is 34.9 Å². The van der Waals surface area contributed by atoms with Crippen LogP contribution in [-0.2, 0) is 34.5 Å². The molecule has 38 heavy (non-hydrogen) atoms. The Bertz CT molecular complexity index is 1390. The molecule has 0 atom stereocenters. The van der Waals surface area contributed by atoms with Gasteiger partial charge in [-0.25, -0.2) is 13.2 Å². The summed E-state index contributed by atoms with van der Waals surface area (Å²) in [6.07, 6.45) is 4.12. The maximum absolute atomic E-state index is 13.1. The van der Waals surface area contributed by atoms with Gasteiger partial charge in [-0.15, -0.1) is 0 Å². The second kappa shape index (κ2) is 11.1. The van der Waals surface area contributed by atoms with Crippen LogP contribution in [0.25, 0.3) is 6.08 Å². The Kier molecular flexibility index (Phi) is 8.05. The number of para-hydroxylation sites is 1. The number of anilines is 1. The molecule has 0 spiro atoms. The zero-order valence-corrected chi connectivity index (χ0v) is 22.8. The number of nitrogens with zero attached hydrogens (tertiary/aromatic N) is 2. The molecule has 0 aliphatic carbocycles. The molecule has 0 saturated carbocycles. The summed E-state index contributed by atoms with van der Waals surface area (Å²) in [5, 5.41) is 0. The highest BCUT2D eigenvalue weighted by Crippen LogP contribution is 2.46. The van der Waals surface area contributed by atoms with Crippen molar-refractivity contribution in [2.24, 2.45) is 0 Å². The number of carbonyl (C=O) groups is 2. The standard InChI is InChI=1S/C28H32N2O7S/c1-28(2)22-7-5-6-8-23(22)29(3)26(28)18-21(31)19-37-27(32)12-10-20-9-11-24(35-4)25(17-20)38(33,34)30-13-15-36-16-14-30/h5-12,17-18H,13-16,19H2,1-4H3. The van der Waals surface area contributed by atoms with E-state index >= 15 is 0 Å². The SMILES string of the molecule is COc1ccc(C=CC(=O)OCC(=O)C=C2N(C)c3ccccc3C2(C)C)cc1S(=O)(=O)N1CCOCC1. The number of morpholine rings is 1. The Morgan fingerprint density at radius 2 is 1.82 bits per heavy atom. The number of allylic oxidation sites excluding steroid dienone is 1. The van der Waals surface area contributed by atoms with E-state index in [4.69, 9.17) is 14.2 Å². The molecule has 0 bridgehead atoms. The molecule has 2 aliphatic heterocycles. The first-order chi connectivity index (χ1) is 18.1. The molecule has 202 valence electrons. The minimum absolute atomic E-state index is 0.00325. The van der Waals surface area contributed by atoms with Crippen LogP contribution in [0.2, 0.25) is 0 Å². The highest BCUT2D eigenvalue weighted by Gasteiger charge is 2.38. The summed E-state index contributed by atoms with van der Waals surface area (Å²) in [6.45, 7) is 4.83. The lowest BCUT2D eigenvalue weighted by Crippen LogP contribution is -2.40. The zero-order valence-electron chi connectivity index (χ0n) is 22.0. The fraction of sp³-hybridized carbons (Fsp3) is 0.357. The Labute approximate surface area is 223 Å². The highest BCUT2D eigenvalue weighted by atomic mass is 32.2. The van der Waals surface area contributed by atoms with Gasteiger partial charge in [-0.2, -0.15) is 4.31 Å². The summed E-state index contributed by atoms with van der Waals surface area (Å²) in [5.74, 6) is -0.845. The largest absolute Gasteiger partial charge is 0.495 e. The van der Waals surface area contributed by atoms with Gasteiger partial charge < -0.3 is 19.1 Å². The molecular formula is C28H32N2O7S. The molecule has 0 unspecified atom stereocenters. The lowest BCUT2D eigenvalue weighted by Gasteiger charge is -2.26. The van der Waals surface area contributed by atoms with Crippen molar-refractivity contribution in [2.75, 3.05) is 52.0 Å². The molecule has 0 radical (unpaired) electrons. The van der Waals surface area contributed by atoms with Crippen molar-refractivity contribution < 1.29 is 32.2 Å². The molecule has 0 aromatic heterocycles. The molecule has 4 rings (SSSR count). The van der Waals surface area contributed by atoms with Gasteiger partial charge in [0, 0.05) is 49.1 Å². The van der Waals surface area contributed by atoms with Crippen LogP contribution in [0.5, 0.6) is 5.75 Å². The minimum Gasteiger partial charge on any atom is -0.495 e. The summed E-state index contributed by atoms with van der Waals surface area (Å²) in [5.41, 5.74) is 3.08. The normalized spacial score (nSPS) is 18.5. The summed E-state index contributed by atoms with van der Waals surface area (Å²) < 4.78 is 43.3. The highest BCUT2D eigenvalue weighted by molar-refractivity contribution is 7.89. The van der Waals surface area contributed by atoms with Gasteiger partial charge in [0.05, 0.1) is 20.3 Å². The fourth-order valence-corrected chi connectivity index (χ4v) is 6.33. The van der Waals surface area contributed by atoms with Crippen LogP contribution in [0.3, 0.4) is 0 Å². The molecule has 10 heteroatoms. The molecule has 1 fully saturated rings. The summed E-state index contributed by atoms with van der Waals surface area (Å²) in [6, 6.07) is 12.6. The Hall–Kier alpha value is -3.47. The fourth-order valence-electron chi connectivity index (χ4n) is 4.73. The number of sulfonamides is 1. The average Bonchev–Trinajstić information content (AvgIpc) is 3.11. The number of hydrogen-bond acceptors (Lipinski definition) is 8. The Balaban J connectivity index is 1.42. The third-order valence-corrected chi connectivity index (χ3v) is 8.70. The van der Waals surface area contributed by atoms with E-state index in [1.807, 2.05) is 50.1 Å². The third-order valence-electron chi connectivity index (χ3n) is 6.78. The molecule has 2 aromatic carbocycles. The van der Waals surface area contributed by atoms with Crippen molar-refractivity contribution in [2.45, 2.75) is 24.2 Å². The smallest absolute Gasteiger partial charge is 0.331 e. The van der Waals surface area contributed by atoms with Crippen molar-refractivity contribution in [3.63, 3.8) is 0 Å². The number of ketones is 1. The van der Waals surface area contributed by atoms with Gasteiger partial charge in [0.2, 0.25) is 10.0 Å². The third kappa shape index (κ3) is 5.52. The topological polar surface area (TPSA) is 102 Å². The van der Waals surface area contributed by atoms with Crippen LogP contribution in [0.1, 0.15) is 25.0 Å². The second-order valence-corrected chi connectivity index (χ2v) is 11.5. The van der Waals surface area contributed by atoms with Crippen LogP contribution in [-0.4, -0.2) is 71.5 Å². The van der Waals surface area contributed by atoms with E-state index in [2.05, 4.69) is 0 Å². The number of hydrogen-bond donors (Lipinski definition) is 0. The number of fused-ring (bicyclic) bond motifs is 1. The first-order valence-corrected chi connectivity index (χ1v) is 13.7. The number of methoxy groups -OCH3 is 1. The van der Waals surface area contributed by atoms with Gasteiger partial charge in [0.1, 0.15) is 10.6 Å². The number of rotatable bonds is 8. The van der Waals surface area contributed by atoms with E-state index in [0.29, 0.717) is 18.8 Å². The van der Waals surface area contributed by atoms with Crippen LogP contribution in [0.15, 0.2) is 65.2 Å². The van der Waals surface area contributed by atoms with Crippen molar-refractivity contribution in [1.82, 2.24) is 4.31 Å². The molecule has 2 aliphatic rings. The number of carbonyl (C=O) groups excluding carboxylic acids is 2. The molecule has 9 nitrogen and oxygen atoms in total. The maximum Gasteiger partial charge on any atom is 0.331 e. The quantitative estimate of drug-likeness (QED) is 0.372. The lowest BCUT2D eigenvalue weighted by atomic mass is 9.83. The van der Waals surface area contributed by atoms with E-state index in [0.717, 1.165) is 23.0 Å². The number of ether oxygens (including phenoxy) is 3. The second-order valence-electron chi connectivity index (χ2n) is 9.56. The Morgan fingerprint density at radius 1 is 1.11 bits per heavy atom. The summed E-state index contributed by atoms with van der Waals surface area (Å²) >= 11 is 0. The van der Waals surface area contributed by atoms with E-state index < -0.39 is 22.6 Å². The first kappa shape index (κ1) is 27.6. The van der Waals surface area contributed by atoms with Crippen LogP contribution in [0.4, 0.5) is 5.69 Å². The van der Waals surface area contributed by atoms with Crippen LogP contribution >= 0.6 is 0 Å². The molecule has 0 amide bonds. The molecule has 2 aromatic rings. The Morgan fingerprint density at radius 3 is 2.50 bits per heavy atom. The number of likely N-dealkylation sites (N-methyl/N-ethyl adjacent to an activating group) is 1. The van der Waals surface area contributed by atoms with E-state index in [1.165, 1.54) is 35.7 Å². The van der Waals surface area contributed by atoms with Gasteiger partial charge in [-0.05, 0) is 35.4 Å². The van der Waals surface area contributed by atoms with Crippen molar-refractivity contribution in [1.29, 1.82) is 0 Å². The number of esters is 1. The predicted octanol–water partition coefficient (Wildman–Crippen LogP) is 3.15.